The average Bonchev–Trinajstić information content (AvgIpc) is 3.08. The van der Waals surface area contributed by atoms with Gasteiger partial charge in [0.2, 0.25) is 0 Å². The summed E-state index contributed by atoms with van der Waals surface area (Å²) in [6, 6.07) is 10.7. The monoisotopic (exact) mass is 378 g/mol. The van der Waals surface area contributed by atoms with E-state index >= 15 is 0 Å². The van der Waals surface area contributed by atoms with Gasteiger partial charge in [0.1, 0.15) is 16.8 Å². The molecule has 1 aromatic carbocycles. The quantitative estimate of drug-likeness (QED) is 0.639. The van der Waals surface area contributed by atoms with E-state index in [9.17, 15) is 9.65 Å². The Morgan fingerprint density at radius 3 is 2.76 bits per heavy atom. The Balaban J connectivity index is 2.33. The topological polar surface area (TPSA) is 49.8 Å². The molecule has 0 saturated carbocycles. The van der Waals surface area contributed by atoms with Crippen LogP contribution in [0, 0.1) is 17.1 Å². The first kappa shape index (κ1) is 14.3. The molecule has 0 aliphatic heterocycles. The number of anilines is 1. The standard InChI is InChI=1S/C15H8BrFN2S2/c16-8-3-4-10(17)9(6-8)15-13(11-2-1-5-20-11)14(19)12(7-18)21-15/h1-6H,19H2. The van der Waals surface area contributed by atoms with Crippen LogP contribution in [0.4, 0.5) is 10.1 Å². The molecule has 2 nitrogen and oxygen atoms in total. The molecule has 0 atom stereocenters. The molecule has 3 rings (SSSR count). The van der Waals surface area contributed by atoms with Crippen LogP contribution in [0.3, 0.4) is 0 Å². The van der Waals surface area contributed by atoms with Gasteiger partial charge in [0.05, 0.1) is 5.69 Å². The van der Waals surface area contributed by atoms with Crippen molar-refractivity contribution in [3.8, 4) is 27.0 Å². The van der Waals surface area contributed by atoms with Crippen molar-refractivity contribution in [2.75, 3.05) is 5.73 Å². The number of rotatable bonds is 2. The molecule has 2 aromatic heterocycles. The second-order valence-electron chi connectivity index (χ2n) is 4.26. The lowest BCUT2D eigenvalue weighted by atomic mass is 10.1. The van der Waals surface area contributed by atoms with Crippen molar-refractivity contribution < 1.29 is 4.39 Å². The fraction of sp³-hybridized carbons (Fsp3) is 0. The largest absolute Gasteiger partial charge is 0.396 e. The SMILES string of the molecule is N#Cc1sc(-c2cc(Br)ccc2F)c(-c2cccs2)c1N. The molecule has 3 aromatic rings. The van der Waals surface area contributed by atoms with Crippen molar-refractivity contribution in [1.82, 2.24) is 0 Å². The predicted octanol–water partition coefficient (Wildman–Crippen LogP) is 5.50. The summed E-state index contributed by atoms with van der Waals surface area (Å²) in [4.78, 5) is 2.03. The molecular weight excluding hydrogens is 371 g/mol. The van der Waals surface area contributed by atoms with Gasteiger partial charge in [-0.05, 0) is 29.6 Å². The van der Waals surface area contributed by atoms with Gasteiger partial charge in [0, 0.05) is 25.4 Å². The number of thiophene rings is 2. The molecule has 0 spiro atoms. The Bertz CT molecular complexity index is 847. The first-order chi connectivity index (χ1) is 10.1. The third kappa shape index (κ3) is 2.48. The van der Waals surface area contributed by atoms with Crippen molar-refractivity contribution >= 4 is 44.3 Å². The van der Waals surface area contributed by atoms with Crippen LogP contribution in [0.25, 0.3) is 20.9 Å². The Morgan fingerprint density at radius 2 is 2.10 bits per heavy atom. The maximum atomic E-state index is 14.2. The van der Waals surface area contributed by atoms with Crippen molar-refractivity contribution in [2.24, 2.45) is 0 Å². The van der Waals surface area contributed by atoms with Crippen LogP contribution in [0.15, 0.2) is 40.2 Å². The molecule has 0 saturated heterocycles. The minimum atomic E-state index is -0.332. The Labute approximate surface area is 137 Å². The highest BCUT2D eigenvalue weighted by atomic mass is 79.9. The van der Waals surface area contributed by atoms with Crippen LogP contribution >= 0.6 is 38.6 Å². The molecule has 104 valence electrons. The fourth-order valence-corrected chi connectivity index (χ4v) is 4.32. The Hall–Kier alpha value is -1.68. The van der Waals surface area contributed by atoms with Gasteiger partial charge in [0.25, 0.3) is 0 Å². The van der Waals surface area contributed by atoms with E-state index in [0.29, 0.717) is 21.0 Å². The van der Waals surface area contributed by atoms with Gasteiger partial charge >= 0.3 is 0 Å². The lowest BCUT2D eigenvalue weighted by Crippen LogP contribution is -1.89. The molecule has 0 aliphatic carbocycles. The summed E-state index contributed by atoms with van der Waals surface area (Å²) in [6.45, 7) is 0. The number of nitrogen functional groups attached to an aromatic ring is 1. The van der Waals surface area contributed by atoms with Crippen LogP contribution in [-0.2, 0) is 0 Å². The predicted molar refractivity (Wildman–Crippen MR) is 89.9 cm³/mol. The summed E-state index contributed by atoms with van der Waals surface area (Å²) in [7, 11) is 0. The molecule has 6 heteroatoms. The van der Waals surface area contributed by atoms with Gasteiger partial charge in [-0.15, -0.1) is 22.7 Å². The first-order valence-electron chi connectivity index (χ1n) is 5.93. The van der Waals surface area contributed by atoms with E-state index < -0.39 is 0 Å². The molecular formula is C15H8BrFN2S2. The maximum Gasteiger partial charge on any atom is 0.131 e. The second-order valence-corrected chi connectivity index (χ2v) is 7.15. The highest BCUT2D eigenvalue weighted by Crippen LogP contribution is 2.47. The van der Waals surface area contributed by atoms with Crippen LogP contribution in [0.5, 0.6) is 0 Å². The van der Waals surface area contributed by atoms with E-state index in [-0.39, 0.29) is 5.82 Å². The second kappa shape index (κ2) is 5.60. The lowest BCUT2D eigenvalue weighted by molar-refractivity contribution is 0.631. The van der Waals surface area contributed by atoms with E-state index in [1.165, 1.54) is 28.7 Å². The lowest BCUT2D eigenvalue weighted by Gasteiger charge is -2.05. The minimum Gasteiger partial charge on any atom is -0.396 e. The molecule has 0 aliphatic rings. The van der Waals surface area contributed by atoms with Crippen molar-refractivity contribution in [1.29, 1.82) is 5.26 Å². The summed E-state index contributed by atoms with van der Waals surface area (Å²) in [6.07, 6.45) is 0. The van der Waals surface area contributed by atoms with Gasteiger partial charge in [-0.1, -0.05) is 22.0 Å². The highest BCUT2D eigenvalue weighted by molar-refractivity contribution is 9.10. The van der Waals surface area contributed by atoms with E-state index in [1.54, 1.807) is 12.1 Å². The fourth-order valence-electron chi connectivity index (χ4n) is 2.05. The summed E-state index contributed by atoms with van der Waals surface area (Å²) >= 11 is 6.09. The van der Waals surface area contributed by atoms with Gasteiger partial charge in [-0.25, -0.2) is 4.39 Å². The molecule has 0 fully saturated rings. The molecule has 0 unspecified atom stereocenters. The summed E-state index contributed by atoms with van der Waals surface area (Å²) in [5.74, 6) is -0.332. The van der Waals surface area contributed by atoms with Crippen molar-refractivity contribution in [3.63, 3.8) is 0 Å². The molecule has 0 bridgehead atoms. The van der Waals surface area contributed by atoms with E-state index in [4.69, 9.17) is 5.73 Å². The van der Waals surface area contributed by atoms with Crippen LogP contribution in [0.2, 0.25) is 0 Å². The zero-order valence-electron chi connectivity index (χ0n) is 10.6. The summed E-state index contributed by atoms with van der Waals surface area (Å²) in [5, 5.41) is 11.1. The zero-order chi connectivity index (χ0) is 15.0. The van der Waals surface area contributed by atoms with Gasteiger partial charge < -0.3 is 5.73 Å². The number of hydrogen-bond acceptors (Lipinski definition) is 4. The van der Waals surface area contributed by atoms with Crippen LogP contribution in [0.1, 0.15) is 4.88 Å². The third-order valence-electron chi connectivity index (χ3n) is 2.99. The number of benzene rings is 1. The summed E-state index contributed by atoms with van der Waals surface area (Å²) < 4.78 is 15.0. The highest BCUT2D eigenvalue weighted by Gasteiger charge is 2.21. The number of halogens is 2. The van der Waals surface area contributed by atoms with E-state index in [0.717, 1.165) is 14.9 Å². The maximum absolute atomic E-state index is 14.2. The third-order valence-corrected chi connectivity index (χ3v) is 5.51. The first-order valence-corrected chi connectivity index (χ1v) is 8.42. The van der Waals surface area contributed by atoms with Crippen LogP contribution < -0.4 is 5.73 Å². The molecule has 21 heavy (non-hydrogen) atoms. The molecule has 0 radical (unpaired) electrons. The number of nitriles is 1. The number of nitrogens with zero attached hydrogens (tertiary/aromatic N) is 1. The zero-order valence-corrected chi connectivity index (χ0v) is 13.8. The summed E-state index contributed by atoms with van der Waals surface area (Å²) in [5.41, 5.74) is 7.70. The Morgan fingerprint density at radius 1 is 1.29 bits per heavy atom. The van der Waals surface area contributed by atoms with E-state index in [2.05, 4.69) is 22.0 Å². The van der Waals surface area contributed by atoms with Gasteiger partial charge in [0.15, 0.2) is 0 Å². The molecule has 0 amide bonds. The van der Waals surface area contributed by atoms with Gasteiger partial charge in [-0.3, -0.25) is 0 Å². The number of nitrogens with two attached hydrogens (primary N) is 1. The van der Waals surface area contributed by atoms with Crippen molar-refractivity contribution in [3.05, 3.63) is 50.9 Å². The normalized spacial score (nSPS) is 10.5. The van der Waals surface area contributed by atoms with Crippen LogP contribution in [-0.4, -0.2) is 0 Å². The minimum absolute atomic E-state index is 0.332. The molecule has 2 N–H and O–H groups in total. The Kier molecular flexibility index (Phi) is 3.81. The van der Waals surface area contributed by atoms with Gasteiger partial charge in [-0.2, -0.15) is 5.26 Å². The smallest absolute Gasteiger partial charge is 0.131 e. The molecule has 2 heterocycles. The van der Waals surface area contributed by atoms with Crippen molar-refractivity contribution in [2.45, 2.75) is 0 Å². The van der Waals surface area contributed by atoms with E-state index in [1.807, 2.05) is 17.5 Å². The average molecular weight is 379 g/mol. The number of hydrogen-bond donors (Lipinski definition) is 1.